The SMILES string of the molecule is CC(C)On1ccc(=O)c2cc(F)c(N3CCNCC3)cc21. The normalized spacial score (nSPS) is 15.5. The molecule has 22 heavy (non-hydrogen) atoms. The second-order valence-electron chi connectivity index (χ2n) is 5.72. The van der Waals surface area contributed by atoms with Gasteiger partial charge >= 0.3 is 0 Å². The van der Waals surface area contributed by atoms with Gasteiger partial charge in [0.05, 0.1) is 16.6 Å². The largest absolute Gasteiger partial charge is 0.411 e. The zero-order valence-electron chi connectivity index (χ0n) is 12.8. The fraction of sp³-hybridized carbons (Fsp3) is 0.438. The standard InChI is InChI=1S/C16H20FN3O2/c1-11(2)22-20-6-3-16(21)12-9-13(17)15(10-14(12)20)19-7-4-18-5-8-19/h3,6,9-11,18H,4-5,7-8H2,1-2H3. The first-order chi connectivity index (χ1) is 10.6. The van der Waals surface area contributed by atoms with Crippen LogP contribution in [0, 0.1) is 5.82 Å². The average Bonchev–Trinajstić information content (AvgIpc) is 2.50. The maximum Gasteiger partial charge on any atom is 0.189 e. The Morgan fingerprint density at radius 3 is 2.68 bits per heavy atom. The van der Waals surface area contributed by atoms with Crippen molar-refractivity contribution in [2.75, 3.05) is 31.1 Å². The fourth-order valence-corrected chi connectivity index (χ4v) is 2.70. The van der Waals surface area contributed by atoms with Gasteiger partial charge in [0.15, 0.2) is 5.43 Å². The quantitative estimate of drug-likeness (QED) is 0.931. The van der Waals surface area contributed by atoms with Crippen LogP contribution in [0.25, 0.3) is 10.9 Å². The van der Waals surface area contributed by atoms with Crippen LogP contribution in [0.15, 0.2) is 29.2 Å². The van der Waals surface area contributed by atoms with E-state index in [9.17, 15) is 9.18 Å². The minimum absolute atomic E-state index is 0.0432. The summed E-state index contributed by atoms with van der Waals surface area (Å²) >= 11 is 0. The van der Waals surface area contributed by atoms with Crippen LogP contribution in [0.2, 0.25) is 0 Å². The number of halogens is 1. The number of aromatic nitrogens is 1. The fourth-order valence-electron chi connectivity index (χ4n) is 2.70. The van der Waals surface area contributed by atoms with Crippen LogP contribution in [0.5, 0.6) is 0 Å². The van der Waals surface area contributed by atoms with Crippen molar-refractivity contribution in [3.8, 4) is 0 Å². The van der Waals surface area contributed by atoms with E-state index in [1.807, 2.05) is 18.7 Å². The van der Waals surface area contributed by atoms with E-state index >= 15 is 0 Å². The lowest BCUT2D eigenvalue weighted by molar-refractivity contribution is 0.0674. The molecular formula is C16H20FN3O2. The van der Waals surface area contributed by atoms with Crippen molar-refractivity contribution in [2.24, 2.45) is 0 Å². The third kappa shape index (κ3) is 2.78. The lowest BCUT2D eigenvalue weighted by atomic mass is 10.1. The number of anilines is 1. The van der Waals surface area contributed by atoms with Gasteiger partial charge in [0.1, 0.15) is 11.9 Å². The van der Waals surface area contributed by atoms with Gasteiger partial charge in [0, 0.05) is 38.4 Å². The smallest absolute Gasteiger partial charge is 0.189 e. The van der Waals surface area contributed by atoms with Gasteiger partial charge in [-0.05, 0) is 26.0 Å². The highest BCUT2D eigenvalue weighted by molar-refractivity contribution is 5.83. The molecule has 0 radical (unpaired) electrons. The van der Waals surface area contributed by atoms with Crippen LogP contribution < -0.4 is 20.5 Å². The molecule has 1 aromatic heterocycles. The molecule has 0 atom stereocenters. The number of rotatable bonds is 3. The van der Waals surface area contributed by atoms with E-state index in [2.05, 4.69) is 5.32 Å². The summed E-state index contributed by atoms with van der Waals surface area (Å²) in [6.45, 7) is 6.94. The number of piperazine rings is 1. The number of pyridine rings is 1. The van der Waals surface area contributed by atoms with Gasteiger partial charge in [-0.25, -0.2) is 4.39 Å². The van der Waals surface area contributed by atoms with E-state index in [0.29, 0.717) is 16.6 Å². The molecule has 0 aliphatic carbocycles. The number of benzene rings is 1. The van der Waals surface area contributed by atoms with Crippen molar-refractivity contribution < 1.29 is 9.23 Å². The van der Waals surface area contributed by atoms with Gasteiger partial charge in [-0.1, -0.05) is 0 Å². The molecule has 0 unspecified atom stereocenters. The Hall–Kier alpha value is -2.08. The molecule has 118 valence electrons. The van der Waals surface area contributed by atoms with Gasteiger partial charge < -0.3 is 15.1 Å². The predicted octanol–water partition coefficient (Wildman–Crippen LogP) is 1.39. The minimum atomic E-state index is -0.367. The Morgan fingerprint density at radius 1 is 1.27 bits per heavy atom. The van der Waals surface area contributed by atoms with Crippen LogP contribution in [0.3, 0.4) is 0 Å². The average molecular weight is 305 g/mol. The van der Waals surface area contributed by atoms with E-state index in [-0.39, 0.29) is 17.3 Å². The number of nitrogens with one attached hydrogen (secondary N) is 1. The second-order valence-corrected chi connectivity index (χ2v) is 5.72. The van der Waals surface area contributed by atoms with Crippen LogP contribution in [-0.4, -0.2) is 37.0 Å². The first-order valence-corrected chi connectivity index (χ1v) is 7.54. The molecule has 6 heteroatoms. The van der Waals surface area contributed by atoms with Crippen LogP contribution in [0.4, 0.5) is 10.1 Å². The van der Waals surface area contributed by atoms with Crippen molar-refractivity contribution in [2.45, 2.75) is 20.0 Å². The van der Waals surface area contributed by atoms with Gasteiger partial charge in [0.25, 0.3) is 0 Å². The number of hydrogen-bond donors (Lipinski definition) is 1. The summed E-state index contributed by atoms with van der Waals surface area (Å²) in [5.74, 6) is -0.367. The molecule has 2 aromatic rings. The van der Waals surface area contributed by atoms with Crippen molar-refractivity contribution in [1.82, 2.24) is 10.0 Å². The highest BCUT2D eigenvalue weighted by atomic mass is 19.1. The molecule has 1 fully saturated rings. The molecule has 0 saturated carbocycles. The van der Waals surface area contributed by atoms with Crippen LogP contribution in [0.1, 0.15) is 13.8 Å². The summed E-state index contributed by atoms with van der Waals surface area (Å²) in [5.41, 5.74) is 0.904. The van der Waals surface area contributed by atoms with E-state index in [0.717, 1.165) is 26.2 Å². The van der Waals surface area contributed by atoms with E-state index in [1.165, 1.54) is 12.1 Å². The number of nitrogens with zero attached hydrogens (tertiary/aromatic N) is 2. The van der Waals surface area contributed by atoms with Gasteiger partial charge in [-0.3, -0.25) is 4.79 Å². The van der Waals surface area contributed by atoms with Crippen molar-refractivity contribution in [3.63, 3.8) is 0 Å². The lowest BCUT2D eigenvalue weighted by Crippen LogP contribution is -2.43. The highest BCUT2D eigenvalue weighted by Crippen LogP contribution is 2.24. The van der Waals surface area contributed by atoms with Crippen molar-refractivity contribution in [3.05, 3.63) is 40.4 Å². The molecule has 5 nitrogen and oxygen atoms in total. The first-order valence-electron chi connectivity index (χ1n) is 7.54. The molecule has 2 heterocycles. The summed E-state index contributed by atoms with van der Waals surface area (Å²) < 4.78 is 16.0. The Labute approximate surface area is 128 Å². The van der Waals surface area contributed by atoms with Crippen molar-refractivity contribution >= 4 is 16.6 Å². The summed E-state index contributed by atoms with van der Waals surface area (Å²) in [6, 6.07) is 4.42. The maximum atomic E-state index is 14.4. The number of hydrogen-bond acceptors (Lipinski definition) is 4. The summed E-state index contributed by atoms with van der Waals surface area (Å²) in [7, 11) is 0. The minimum Gasteiger partial charge on any atom is -0.411 e. The Kier molecular flexibility index (Phi) is 4.02. The monoisotopic (exact) mass is 305 g/mol. The number of fused-ring (bicyclic) bond motifs is 1. The van der Waals surface area contributed by atoms with E-state index in [1.54, 1.807) is 17.0 Å². The molecule has 0 bridgehead atoms. The Balaban J connectivity index is 2.14. The van der Waals surface area contributed by atoms with Crippen LogP contribution >= 0.6 is 0 Å². The summed E-state index contributed by atoms with van der Waals surface area (Å²) in [5, 5.41) is 3.58. The molecule has 1 N–H and O–H groups in total. The highest BCUT2D eigenvalue weighted by Gasteiger charge is 2.17. The second kappa shape index (κ2) is 5.96. The molecule has 1 aromatic carbocycles. The summed E-state index contributed by atoms with van der Waals surface area (Å²) in [6.07, 6.45) is 1.54. The van der Waals surface area contributed by atoms with Gasteiger partial charge in [-0.15, -0.1) is 0 Å². The van der Waals surface area contributed by atoms with Gasteiger partial charge in [0.2, 0.25) is 0 Å². The first kappa shape index (κ1) is 14.8. The third-order valence-corrected chi connectivity index (χ3v) is 3.71. The third-order valence-electron chi connectivity index (χ3n) is 3.71. The molecule has 1 saturated heterocycles. The van der Waals surface area contributed by atoms with Crippen molar-refractivity contribution in [1.29, 1.82) is 0 Å². The molecule has 1 aliphatic rings. The van der Waals surface area contributed by atoms with Crippen LogP contribution in [-0.2, 0) is 0 Å². The maximum absolute atomic E-state index is 14.4. The topological polar surface area (TPSA) is 46.5 Å². The Bertz CT molecular complexity index is 736. The van der Waals surface area contributed by atoms with Gasteiger partial charge in [-0.2, -0.15) is 4.73 Å². The summed E-state index contributed by atoms with van der Waals surface area (Å²) in [4.78, 5) is 19.7. The molecule has 3 rings (SSSR count). The molecular weight excluding hydrogens is 285 g/mol. The lowest BCUT2D eigenvalue weighted by Gasteiger charge is -2.30. The van der Waals surface area contributed by atoms with E-state index < -0.39 is 0 Å². The molecule has 0 spiro atoms. The van der Waals surface area contributed by atoms with E-state index in [4.69, 9.17) is 4.84 Å². The predicted molar refractivity (Wildman–Crippen MR) is 85.0 cm³/mol. The Morgan fingerprint density at radius 2 is 2.00 bits per heavy atom. The zero-order valence-corrected chi connectivity index (χ0v) is 12.8. The zero-order chi connectivity index (χ0) is 15.7. The molecule has 0 amide bonds. The molecule has 1 aliphatic heterocycles.